The summed E-state index contributed by atoms with van der Waals surface area (Å²) in [5.41, 5.74) is -0.0675. The largest absolute Gasteiger partial charge is 0.354 e. The smallest absolute Gasteiger partial charge is 0.242 e. The van der Waals surface area contributed by atoms with Gasteiger partial charge in [-0.15, -0.1) is 0 Å². The van der Waals surface area contributed by atoms with Crippen molar-refractivity contribution < 1.29 is 9.59 Å². The van der Waals surface area contributed by atoms with Crippen molar-refractivity contribution in [3.8, 4) is 0 Å². The van der Waals surface area contributed by atoms with Crippen LogP contribution in [0.4, 0.5) is 0 Å². The number of hydrogen-bond donors (Lipinski definition) is 3. The fourth-order valence-electron chi connectivity index (χ4n) is 2.42. The number of rotatable bonds is 5. The van der Waals surface area contributed by atoms with E-state index in [4.69, 9.17) is 0 Å². The normalized spacial score (nSPS) is 23.5. The zero-order valence-corrected chi connectivity index (χ0v) is 12.5. The fraction of sp³-hybridized carbons (Fsp3) is 0.857. The van der Waals surface area contributed by atoms with Crippen LogP contribution >= 0.6 is 0 Å². The van der Waals surface area contributed by atoms with Crippen LogP contribution < -0.4 is 16.0 Å². The molecule has 2 unspecified atom stereocenters. The summed E-state index contributed by atoms with van der Waals surface area (Å²) < 4.78 is 0. The van der Waals surface area contributed by atoms with E-state index in [0.29, 0.717) is 6.54 Å². The number of carbonyl (C=O) groups is 2. The van der Waals surface area contributed by atoms with Crippen molar-refractivity contribution in [2.45, 2.75) is 59.0 Å². The molecule has 1 rings (SSSR count). The Balaban J connectivity index is 2.51. The third kappa shape index (κ3) is 4.49. The van der Waals surface area contributed by atoms with Crippen LogP contribution in [0, 0.1) is 5.41 Å². The Bertz CT molecular complexity index is 329. The molecule has 1 heterocycles. The van der Waals surface area contributed by atoms with E-state index < -0.39 is 6.04 Å². The zero-order valence-electron chi connectivity index (χ0n) is 12.5. The molecule has 2 atom stereocenters. The molecule has 5 heteroatoms. The van der Waals surface area contributed by atoms with Gasteiger partial charge in [-0.3, -0.25) is 9.59 Å². The highest BCUT2D eigenvalue weighted by molar-refractivity contribution is 5.89. The van der Waals surface area contributed by atoms with Gasteiger partial charge in [0.05, 0.1) is 6.04 Å². The SMILES string of the molecule is CCCNC(=O)C(C)NC(=O)C1NCCCC1(C)C. The molecule has 0 aromatic rings. The van der Waals surface area contributed by atoms with Crippen molar-refractivity contribution in [2.75, 3.05) is 13.1 Å². The van der Waals surface area contributed by atoms with Crippen LogP contribution in [0.1, 0.15) is 47.0 Å². The van der Waals surface area contributed by atoms with Gasteiger partial charge in [0.1, 0.15) is 6.04 Å². The minimum atomic E-state index is -0.487. The van der Waals surface area contributed by atoms with Crippen molar-refractivity contribution in [2.24, 2.45) is 5.41 Å². The molecule has 0 aliphatic carbocycles. The standard InChI is InChI=1S/C14H27N3O2/c1-5-8-16-12(18)10(2)17-13(19)11-14(3,4)7-6-9-15-11/h10-11,15H,5-9H2,1-4H3,(H,16,18)(H,17,19). The lowest BCUT2D eigenvalue weighted by atomic mass is 9.77. The van der Waals surface area contributed by atoms with E-state index >= 15 is 0 Å². The van der Waals surface area contributed by atoms with E-state index in [1.54, 1.807) is 6.92 Å². The van der Waals surface area contributed by atoms with Crippen LogP contribution in [0.3, 0.4) is 0 Å². The van der Waals surface area contributed by atoms with E-state index in [0.717, 1.165) is 25.8 Å². The molecule has 110 valence electrons. The molecule has 0 saturated carbocycles. The van der Waals surface area contributed by atoms with Crippen LogP contribution in [-0.2, 0) is 9.59 Å². The lowest BCUT2D eigenvalue weighted by molar-refractivity contribution is -0.131. The van der Waals surface area contributed by atoms with Crippen molar-refractivity contribution >= 4 is 11.8 Å². The van der Waals surface area contributed by atoms with Gasteiger partial charge < -0.3 is 16.0 Å². The second-order valence-corrected chi connectivity index (χ2v) is 6.00. The predicted octanol–water partition coefficient (Wildman–Crippen LogP) is 0.796. The summed E-state index contributed by atoms with van der Waals surface area (Å²) in [6, 6.07) is -0.707. The highest BCUT2D eigenvalue weighted by Gasteiger charge is 2.37. The quantitative estimate of drug-likeness (QED) is 0.691. The first kappa shape index (κ1) is 16.0. The molecule has 0 aromatic carbocycles. The summed E-state index contributed by atoms with van der Waals surface area (Å²) >= 11 is 0. The molecule has 0 spiro atoms. The summed E-state index contributed by atoms with van der Waals surface area (Å²) in [4.78, 5) is 24.0. The van der Waals surface area contributed by atoms with E-state index in [1.807, 2.05) is 6.92 Å². The number of hydrogen-bond acceptors (Lipinski definition) is 3. The minimum absolute atomic E-state index is 0.0675. The van der Waals surface area contributed by atoms with E-state index in [1.165, 1.54) is 0 Å². The third-order valence-electron chi connectivity index (χ3n) is 3.69. The van der Waals surface area contributed by atoms with Crippen LogP contribution in [0.2, 0.25) is 0 Å². The first-order valence-corrected chi connectivity index (χ1v) is 7.20. The molecule has 1 saturated heterocycles. The van der Waals surface area contributed by atoms with Gasteiger partial charge in [-0.25, -0.2) is 0 Å². The summed E-state index contributed by atoms with van der Waals surface area (Å²) in [5, 5.41) is 8.84. The molecule has 2 amide bonds. The van der Waals surface area contributed by atoms with Crippen LogP contribution in [0.5, 0.6) is 0 Å². The molecular weight excluding hydrogens is 242 g/mol. The lowest BCUT2D eigenvalue weighted by Crippen LogP contribution is -2.58. The first-order chi connectivity index (χ1) is 8.88. The number of amides is 2. The number of piperidine rings is 1. The summed E-state index contributed by atoms with van der Waals surface area (Å²) in [6.45, 7) is 9.40. The van der Waals surface area contributed by atoms with E-state index in [9.17, 15) is 9.59 Å². The maximum atomic E-state index is 12.2. The van der Waals surface area contributed by atoms with Gasteiger partial charge in [0.15, 0.2) is 0 Å². The average Bonchev–Trinajstić information content (AvgIpc) is 2.34. The van der Waals surface area contributed by atoms with Gasteiger partial charge in [-0.2, -0.15) is 0 Å². The molecule has 1 aliphatic rings. The molecule has 19 heavy (non-hydrogen) atoms. The first-order valence-electron chi connectivity index (χ1n) is 7.20. The molecule has 1 fully saturated rings. The Labute approximate surface area is 115 Å². The average molecular weight is 269 g/mol. The summed E-state index contributed by atoms with van der Waals surface area (Å²) in [5.74, 6) is -0.201. The molecule has 0 aromatic heterocycles. The number of nitrogens with one attached hydrogen (secondary N) is 3. The van der Waals surface area contributed by atoms with Gasteiger partial charge >= 0.3 is 0 Å². The zero-order chi connectivity index (χ0) is 14.5. The van der Waals surface area contributed by atoms with Gasteiger partial charge in [-0.05, 0) is 38.1 Å². The van der Waals surface area contributed by atoms with E-state index in [2.05, 4.69) is 29.8 Å². The van der Waals surface area contributed by atoms with Crippen molar-refractivity contribution in [1.82, 2.24) is 16.0 Å². The number of carbonyl (C=O) groups excluding carboxylic acids is 2. The highest BCUT2D eigenvalue weighted by Crippen LogP contribution is 2.30. The fourth-order valence-corrected chi connectivity index (χ4v) is 2.42. The lowest BCUT2D eigenvalue weighted by Gasteiger charge is -2.38. The Kier molecular flexibility index (Phi) is 5.79. The Morgan fingerprint density at radius 1 is 1.42 bits per heavy atom. The summed E-state index contributed by atoms with van der Waals surface area (Å²) in [7, 11) is 0. The van der Waals surface area contributed by atoms with Crippen LogP contribution in [0.15, 0.2) is 0 Å². The van der Waals surface area contributed by atoms with Crippen molar-refractivity contribution in [1.29, 1.82) is 0 Å². The molecule has 0 radical (unpaired) electrons. The predicted molar refractivity (Wildman–Crippen MR) is 75.7 cm³/mol. The van der Waals surface area contributed by atoms with Gasteiger partial charge in [0, 0.05) is 6.54 Å². The maximum Gasteiger partial charge on any atom is 0.242 e. The van der Waals surface area contributed by atoms with Crippen molar-refractivity contribution in [3.05, 3.63) is 0 Å². The van der Waals surface area contributed by atoms with E-state index in [-0.39, 0.29) is 23.3 Å². The third-order valence-corrected chi connectivity index (χ3v) is 3.69. The van der Waals surface area contributed by atoms with Gasteiger partial charge in [0.2, 0.25) is 11.8 Å². The Morgan fingerprint density at radius 3 is 2.68 bits per heavy atom. The van der Waals surface area contributed by atoms with Crippen molar-refractivity contribution in [3.63, 3.8) is 0 Å². The van der Waals surface area contributed by atoms with Crippen LogP contribution in [0.25, 0.3) is 0 Å². The highest BCUT2D eigenvalue weighted by atomic mass is 16.2. The molecule has 3 N–H and O–H groups in total. The second-order valence-electron chi connectivity index (χ2n) is 6.00. The Morgan fingerprint density at radius 2 is 2.11 bits per heavy atom. The molecule has 0 bridgehead atoms. The van der Waals surface area contributed by atoms with Gasteiger partial charge in [0.25, 0.3) is 0 Å². The van der Waals surface area contributed by atoms with Crippen LogP contribution in [-0.4, -0.2) is 37.0 Å². The van der Waals surface area contributed by atoms with Gasteiger partial charge in [-0.1, -0.05) is 20.8 Å². The topological polar surface area (TPSA) is 70.2 Å². The monoisotopic (exact) mass is 269 g/mol. The molecule has 1 aliphatic heterocycles. The minimum Gasteiger partial charge on any atom is -0.354 e. The molecule has 5 nitrogen and oxygen atoms in total. The second kappa shape index (κ2) is 6.89. The molecular formula is C14H27N3O2. The maximum absolute atomic E-state index is 12.2. The summed E-state index contributed by atoms with van der Waals surface area (Å²) in [6.07, 6.45) is 3.00. The Hall–Kier alpha value is -1.10.